The molecule has 0 aliphatic carbocycles. The Kier molecular flexibility index (Phi) is 5.14. The molecule has 0 radical (unpaired) electrons. The molecule has 5 rings (SSSR count). The lowest BCUT2D eigenvalue weighted by Gasteiger charge is -2.29. The standard InChI is InChI=1S/C24H21N7O/c1-15-19(11-25)23(16-2-4-21-18(10-16)14-28-30-21)20(12-26)24(29-15)17-3-5-22(27-13-17)31-6-8-32-9-7-31/h2-5,10,13-14,19,23H,6-9H2,1H3,(H,28,30). The molecule has 2 aromatic heterocycles. The van der Waals surface area contributed by atoms with Gasteiger partial charge in [0.1, 0.15) is 5.82 Å². The van der Waals surface area contributed by atoms with E-state index in [0.29, 0.717) is 30.2 Å². The Labute approximate surface area is 185 Å². The van der Waals surface area contributed by atoms with Crippen molar-refractivity contribution in [2.75, 3.05) is 31.2 Å². The van der Waals surface area contributed by atoms with Gasteiger partial charge in [-0.15, -0.1) is 0 Å². The van der Waals surface area contributed by atoms with Gasteiger partial charge in [0.2, 0.25) is 0 Å². The number of fused-ring (bicyclic) bond motifs is 1. The van der Waals surface area contributed by atoms with Crippen molar-refractivity contribution in [3.63, 3.8) is 0 Å². The maximum atomic E-state index is 10.1. The summed E-state index contributed by atoms with van der Waals surface area (Å²) >= 11 is 0. The Balaban J connectivity index is 1.58. The van der Waals surface area contributed by atoms with Gasteiger partial charge < -0.3 is 9.64 Å². The van der Waals surface area contributed by atoms with Crippen LogP contribution in [0.25, 0.3) is 16.6 Å². The molecular formula is C24H21N7O. The van der Waals surface area contributed by atoms with Crippen molar-refractivity contribution in [3.05, 3.63) is 59.4 Å². The molecule has 4 heterocycles. The Hall–Kier alpha value is -4.01. The van der Waals surface area contributed by atoms with E-state index in [4.69, 9.17) is 4.74 Å². The highest BCUT2D eigenvalue weighted by Crippen LogP contribution is 2.42. The lowest BCUT2D eigenvalue weighted by molar-refractivity contribution is 0.122. The number of ether oxygens (including phenoxy) is 1. The molecule has 2 aliphatic rings. The van der Waals surface area contributed by atoms with E-state index in [9.17, 15) is 10.5 Å². The molecule has 32 heavy (non-hydrogen) atoms. The lowest BCUT2D eigenvalue weighted by atomic mass is 9.76. The molecule has 0 amide bonds. The Morgan fingerprint density at radius 2 is 1.97 bits per heavy atom. The van der Waals surface area contributed by atoms with Gasteiger partial charge in [0, 0.05) is 41.9 Å². The number of aromatic amines is 1. The van der Waals surface area contributed by atoms with E-state index >= 15 is 0 Å². The van der Waals surface area contributed by atoms with E-state index in [2.05, 4.69) is 37.2 Å². The third-order valence-electron chi connectivity index (χ3n) is 6.08. The Morgan fingerprint density at radius 3 is 2.69 bits per heavy atom. The van der Waals surface area contributed by atoms with Crippen LogP contribution < -0.4 is 4.90 Å². The van der Waals surface area contributed by atoms with Gasteiger partial charge in [-0.05, 0) is 36.8 Å². The van der Waals surface area contributed by atoms with Gasteiger partial charge in [-0.2, -0.15) is 15.6 Å². The number of aromatic nitrogens is 3. The van der Waals surface area contributed by atoms with E-state index in [1.807, 2.05) is 37.3 Å². The van der Waals surface area contributed by atoms with E-state index in [1.54, 1.807) is 12.4 Å². The minimum atomic E-state index is -0.515. The molecule has 2 aliphatic heterocycles. The van der Waals surface area contributed by atoms with Gasteiger partial charge in [-0.25, -0.2) is 4.98 Å². The SMILES string of the molecule is CC1=NC(c2ccc(N3CCOCC3)nc2)=C(C#N)C(c2ccc3[nH]ncc3c2)C1C#N. The normalized spacial score (nSPS) is 21.2. The Morgan fingerprint density at radius 1 is 1.12 bits per heavy atom. The molecule has 3 aromatic rings. The fourth-order valence-electron chi connectivity index (χ4n) is 4.39. The van der Waals surface area contributed by atoms with Crippen LogP contribution in [0.3, 0.4) is 0 Å². The highest BCUT2D eigenvalue weighted by Gasteiger charge is 2.35. The number of nitriles is 2. The minimum Gasteiger partial charge on any atom is -0.378 e. The van der Waals surface area contributed by atoms with Crippen molar-refractivity contribution in [3.8, 4) is 12.1 Å². The summed E-state index contributed by atoms with van der Waals surface area (Å²) in [4.78, 5) is 11.5. The van der Waals surface area contributed by atoms with Crippen LogP contribution in [0.4, 0.5) is 5.82 Å². The molecular weight excluding hydrogens is 402 g/mol. The van der Waals surface area contributed by atoms with E-state index in [1.165, 1.54) is 0 Å². The summed E-state index contributed by atoms with van der Waals surface area (Å²) < 4.78 is 5.41. The maximum absolute atomic E-state index is 10.1. The topological polar surface area (TPSA) is 114 Å². The van der Waals surface area contributed by atoms with Gasteiger partial charge in [-0.1, -0.05) is 6.07 Å². The number of pyridine rings is 1. The first-order valence-corrected chi connectivity index (χ1v) is 10.5. The number of nitrogens with zero attached hydrogens (tertiary/aromatic N) is 6. The molecule has 0 spiro atoms. The van der Waals surface area contributed by atoms with Gasteiger partial charge in [0.05, 0.1) is 54.3 Å². The van der Waals surface area contributed by atoms with Crippen LogP contribution in [-0.4, -0.2) is 47.2 Å². The molecule has 8 nitrogen and oxygen atoms in total. The van der Waals surface area contributed by atoms with Gasteiger partial charge in [0.25, 0.3) is 0 Å². The average Bonchev–Trinajstić information content (AvgIpc) is 3.32. The van der Waals surface area contributed by atoms with Gasteiger partial charge in [0.15, 0.2) is 0 Å². The van der Waals surface area contributed by atoms with Crippen molar-refractivity contribution in [1.82, 2.24) is 15.2 Å². The van der Waals surface area contributed by atoms with Crippen LogP contribution in [-0.2, 0) is 4.74 Å². The van der Waals surface area contributed by atoms with Crippen molar-refractivity contribution < 1.29 is 4.74 Å². The summed E-state index contributed by atoms with van der Waals surface area (Å²) in [6.07, 6.45) is 3.51. The second-order valence-electron chi connectivity index (χ2n) is 7.93. The minimum absolute atomic E-state index is 0.407. The fourth-order valence-corrected chi connectivity index (χ4v) is 4.39. The van der Waals surface area contributed by atoms with Gasteiger partial charge >= 0.3 is 0 Å². The van der Waals surface area contributed by atoms with Crippen LogP contribution in [0.5, 0.6) is 0 Å². The molecule has 8 heteroatoms. The smallest absolute Gasteiger partial charge is 0.128 e. The van der Waals surface area contributed by atoms with Crippen LogP contribution in [0.2, 0.25) is 0 Å². The second-order valence-corrected chi connectivity index (χ2v) is 7.93. The number of rotatable bonds is 3. The number of nitrogens with one attached hydrogen (secondary N) is 1. The molecule has 1 fully saturated rings. The van der Waals surface area contributed by atoms with Gasteiger partial charge in [-0.3, -0.25) is 10.1 Å². The molecule has 2 atom stereocenters. The highest BCUT2D eigenvalue weighted by atomic mass is 16.5. The van der Waals surface area contributed by atoms with Crippen molar-refractivity contribution in [2.45, 2.75) is 12.8 Å². The molecule has 0 saturated carbocycles. The molecule has 0 bridgehead atoms. The Bertz CT molecular complexity index is 1300. The monoisotopic (exact) mass is 423 g/mol. The first kappa shape index (κ1) is 19.9. The zero-order chi connectivity index (χ0) is 22.1. The van der Waals surface area contributed by atoms with Crippen LogP contribution in [0, 0.1) is 28.6 Å². The summed E-state index contributed by atoms with van der Waals surface area (Å²) in [7, 11) is 0. The van der Waals surface area contributed by atoms with Crippen LogP contribution >= 0.6 is 0 Å². The molecule has 1 aromatic carbocycles. The highest BCUT2D eigenvalue weighted by molar-refractivity contribution is 5.97. The van der Waals surface area contributed by atoms with Crippen molar-refractivity contribution in [2.24, 2.45) is 10.9 Å². The van der Waals surface area contributed by atoms with E-state index < -0.39 is 11.8 Å². The predicted octanol–water partition coefficient (Wildman–Crippen LogP) is 3.43. The second kappa shape index (κ2) is 8.26. The number of hydrogen-bond acceptors (Lipinski definition) is 7. The largest absolute Gasteiger partial charge is 0.378 e. The first-order valence-electron chi connectivity index (χ1n) is 10.5. The number of hydrogen-bond donors (Lipinski definition) is 1. The number of morpholine rings is 1. The molecule has 158 valence electrons. The summed E-state index contributed by atoms with van der Waals surface area (Å²) in [5, 5.41) is 28.0. The third-order valence-corrected chi connectivity index (χ3v) is 6.08. The average molecular weight is 423 g/mol. The number of aliphatic imine (C=N–C) groups is 1. The van der Waals surface area contributed by atoms with E-state index in [0.717, 1.165) is 40.9 Å². The zero-order valence-electron chi connectivity index (χ0n) is 17.6. The summed E-state index contributed by atoms with van der Waals surface area (Å²) in [5.74, 6) is -0.0430. The number of anilines is 1. The van der Waals surface area contributed by atoms with Crippen LogP contribution in [0.15, 0.2) is 53.3 Å². The molecule has 1 saturated heterocycles. The summed E-state index contributed by atoms with van der Waals surface area (Å²) in [6, 6.07) is 14.5. The zero-order valence-corrected chi connectivity index (χ0v) is 17.6. The summed E-state index contributed by atoms with van der Waals surface area (Å²) in [5.41, 5.74) is 4.32. The predicted molar refractivity (Wildman–Crippen MR) is 121 cm³/mol. The fraction of sp³-hybridized carbons (Fsp3) is 0.292. The number of allylic oxidation sites excluding steroid dienone is 1. The van der Waals surface area contributed by atoms with Crippen molar-refractivity contribution >= 4 is 28.1 Å². The quantitative estimate of drug-likeness (QED) is 0.690. The molecule has 1 N–H and O–H groups in total. The lowest BCUT2D eigenvalue weighted by Crippen LogP contribution is -2.36. The number of H-pyrrole nitrogens is 1. The summed E-state index contributed by atoms with van der Waals surface area (Å²) in [6.45, 7) is 4.83. The molecule has 2 unspecified atom stereocenters. The first-order chi connectivity index (χ1) is 15.7. The number of benzene rings is 1. The van der Waals surface area contributed by atoms with Crippen molar-refractivity contribution in [1.29, 1.82) is 10.5 Å². The van der Waals surface area contributed by atoms with Crippen LogP contribution in [0.1, 0.15) is 24.0 Å². The third kappa shape index (κ3) is 3.41. The van der Waals surface area contributed by atoms with E-state index in [-0.39, 0.29) is 0 Å². The maximum Gasteiger partial charge on any atom is 0.128 e.